The molecular weight excluding hydrogens is 272 g/mol. The second-order valence-electron chi connectivity index (χ2n) is 5.16. The van der Waals surface area contributed by atoms with E-state index < -0.39 is 17.9 Å². The predicted octanol–water partition coefficient (Wildman–Crippen LogP) is 1.14. The fraction of sp³-hybridized carbons (Fsp3) is 0.467. The Morgan fingerprint density at radius 2 is 2.14 bits per heavy atom. The highest BCUT2D eigenvalue weighted by atomic mass is 16.5. The summed E-state index contributed by atoms with van der Waals surface area (Å²) < 4.78 is 5.25. The Bertz CT molecular complexity index is 559. The molecule has 1 aromatic carbocycles. The molecule has 6 nitrogen and oxygen atoms in total. The first-order chi connectivity index (χ1) is 9.97. The molecule has 2 unspecified atom stereocenters. The van der Waals surface area contributed by atoms with Crippen LogP contribution in [0.25, 0.3) is 0 Å². The minimum absolute atomic E-state index is 0.139. The van der Waals surface area contributed by atoms with Crippen LogP contribution < -0.4 is 5.73 Å². The van der Waals surface area contributed by atoms with E-state index >= 15 is 0 Å². The van der Waals surface area contributed by atoms with Crippen molar-refractivity contribution in [3.05, 3.63) is 29.3 Å². The molecule has 21 heavy (non-hydrogen) atoms. The Kier molecular flexibility index (Phi) is 4.47. The molecule has 1 aromatic rings. The van der Waals surface area contributed by atoms with Gasteiger partial charge in [-0.25, -0.2) is 0 Å². The van der Waals surface area contributed by atoms with Crippen molar-refractivity contribution >= 4 is 17.6 Å². The summed E-state index contributed by atoms with van der Waals surface area (Å²) in [5.74, 6) is -1.83. The van der Waals surface area contributed by atoms with Gasteiger partial charge < -0.3 is 20.5 Å². The molecule has 1 fully saturated rings. The Morgan fingerprint density at radius 3 is 2.76 bits per heavy atom. The summed E-state index contributed by atoms with van der Waals surface area (Å²) >= 11 is 0. The maximum atomic E-state index is 12.7. The SMILES string of the molecule is CCN(C(=O)c1cccc(N)c1C)C1COCC1C(=O)O. The molecule has 114 valence electrons. The molecule has 0 bridgehead atoms. The largest absolute Gasteiger partial charge is 0.481 e. The molecule has 1 heterocycles. The molecule has 0 aliphatic carbocycles. The summed E-state index contributed by atoms with van der Waals surface area (Å²) in [6.45, 7) is 4.43. The first-order valence-electron chi connectivity index (χ1n) is 6.94. The van der Waals surface area contributed by atoms with Gasteiger partial charge in [-0.05, 0) is 31.5 Å². The Hall–Kier alpha value is -2.08. The lowest BCUT2D eigenvalue weighted by molar-refractivity contribution is -0.142. The van der Waals surface area contributed by atoms with E-state index in [0.29, 0.717) is 23.4 Å². The molecule has 2 rings (SSSR count). The van der Waals surface area contributed by atoms with Gasteiger partial charge in [0.1, 0.15) is 5.92 Å². The lowest BCUT2D eigenvalue weighted by atomic mass is 9.99. The first kappa shape index (κ1) is 15.3. The zero-order valence-corrected chi connectivity index (χ0v) is 12.2. The number of nitrogen functional groups attached to an aromatic ring is 1. The zero-order chi connectivity index (χ0) is 15.6. The number of ether oxygens (including phenoxy) is 1. The van der Waals surface area contributed by atoms with Crippen molar-refractivity contribution in [2.24, 2.45) is 5.92 Å². The van der Waals surface area contributed by atoms with Gasteiger partial charge in [-0.2, -0.15) is 0 Å². The average molecular weight is 292 g/mol. The minimum atomic E-state index is -0.937. The summed E-state index contributed by atoms with van der Waals surface area (Å²) in [4.78, 5) is 25.6. The lowest BCUT2D eigenvalue weighted by Gasteiger charge is -2.30. The van der Waals surface area contributed by atoms with Crippen molar-refractivity contribution in [3.8, 4) is 0 Å². The molecule has 1 aliphatic heterocycles. The molecular formula is C15H20N2O4. The molecule has 0 saturated carbocycles. The van der Waals surface area contributed by atoms with Gasteiger partial charge in [0.05, 0.1) is 19.3 Å². The van der Waals surface area contributed by atoms with Gasteiger partial charge in [0, 0.05) is 17.8 Å². The summed E-state index contributed by atoms with van der Waals surface area (Å²) in [6, 6.07) is 4.73. The molecule has 1 amide bonds. The second kappa shape index (κ2) is 6.13. The summed E-state index contributed by atoms with van der Waals surface area (Å²) in [7, 11) is 0. The molecule has 1 aliphatic rings. The number of carboxylic acids is 1. The fourth-order valence-corrected chi connectivity index (χ4v) is 2.65. The van der Waals surface area contributed by atoms with Crippen molar-refractivity contribution in [2.75, 3.05) is 25.5 Å². The normalized spacial score (nSPS) is 21.2. The number of hydrogen-bond acceptors (Lipinski definition) is 4. The van der Waals surface area contributed by atoms with Gasteiger partial charge in [0.2, 0.25) is 0 Å². The van der Waals surface area contributed by atoms with Crippen LogP contribution >= 0.6 is 0 Å². The maximum absolute atomic E-state index is 12.7. The number of carbonyl (C=O) groups excluding carboxylic acids is 1. The van der Waals surface area contributed by atoms with Gasteiger partial charge in [-0.15, -0.1) is 0 Å². The number of benzene rings is 1. The van der Waals surface area contributed by atoms with Gasteiger partial charge >= 0.3 is 5.97 Å². The summed E-state index contributed by atoms with van der Waals surface area (Å²) in [5, 5.41) is 9.24. The highest BCUT2D eigenvalue weighted by molar-refractivity contribution is 5.97. The third-order valence-corrected chi connectivity index (χ3v) is 3.98. The van der Waals surface area contributed by atoms with Crippen LogP contribution in [0, 0.1) is 12.8 Å². The topological polar surface area (TPSA) is 92.9 Å². The maximum Gasteiger partial charge on any atom is 0.311 e. The third-order valence-electron chi connectivity index (χ3n) is 3.98. The summed E-state index contributed by atoms with van der Waals surface area (Å²) in [6.07, 6.45) is 0. The molecule has 3 N–H and O–H groups in total. The van der Waals surface area contributed by atoms with Crippen LogP contribution in [0.15, 0.2) is 18.2 Å². The zero-order valence-electron chi connectivity index (χ0n) is 12.2. The Balaban J connectivity index is 2.30. The van der Waals surface area contributed by atoms with E-state index in [1.54, 1.807) is 30.0 Å². The number of rotatable bonds is 4. The van der Waals surface area contributed by atoms with Crippen LogP contribution in [0.2, 0.25) is 0 Å². The average Bonchev–Trinajstić information content (AvgIpc) is 2.92. The van der Waals surface area contributed by atoms with E-state index in [1.807, 2.05) is 6.92 Å². The van der Waals surface area contributed by atoms with Gasteiger partial charge in [0.25, 0.3) is 5.91 Å². The number of aliphatic carboxylic acids is 1. The number of likely N-dealkylation sites (N-methyl/N-ethyl adjacent to an activating group) is 1. The van der Waals surface area contributed by atoms with Crippen molar-refractivity contribution in [1.29, 1.82) is 0 Å². The van der Waals surface area contributed by atoms with Crippen LogP contribution in [0.3, 0.4) is 0 Å². The standard InChI is InChI=1S/C15H20N2O4/c1-3-17(13-8-21-7-11(13)15(19)20)14(18)10-5-4-6-12(16)9(10)2/h4-6,11,13H,3,7-8,16H2,1-2H3,(H,19,20). The Morgan fingerprint density at radius 1 is 1.43 bits per heavy atom. The minimum Gasteiger partial charge on any atom is -0.481 e. The van der Waals surface area contributed by atoms with Crippen LogP contribution in [0.5, 0.6) is 0 Å². The molecule has 1 saturated heterocycles. The van der Waals surface area contributed by atoms with Crippen molar-refractivity contribution in [3.63, 3.8) is 0 Å². The summed E-state index contributed by atoms with van der Waals surface area (Å²) in [5.41, 5.74) is 7.61. The highest BCUT2D eigenvalue weighted by Crippen LogP contribution is 2.24. The van der Waals surface area contributed by atoms with E-state index in [0.717, 1.165) is 0 Å². The van der Waals surface area contributed by atoms with Crippen LogP contribution in [0.4, 0.5) is 5.69 Å². The fourth-order valence-electron chi connectivity index (χ4n) is 2.65. The number of carbonyl (C=O) groups is 2. The molecule has 0 radical (unpaired) electrons. The van der Waals surface area contributed by atoms with E-state index in [2.05, 4.69) is 0 Å². The molecule has 0 aromatic heterocycles. The van der Waals surface area contributed by atoms with Gasteiger partial charge in [-0.1, -0.05) is 6.07 Å². The first-order valence-corrected chi connectivity index (χ1v) is 6.94. The van der Waals surface area contributed by atoms with Crippen LogP contribution in [-0.4, -0.2) is 47.7 Å². The molecule has 0 spiro atoms. The van der Waals surface area contributed by atoms with E-state index in [4.69, 9.17) is 10.5 Å². The van der Waals surface area contributed by atoms with Crippen molar-refractivity contribution in [1.82, 2.24) is 4.90 Å². The second-order valence-corrected chi connectivity index (χ2v) is 5.16. The smallest absolute Gasteiger partial charge is 0.311 e. The Labute approximate surface area is 123 Å². The van der Waals surface area contributed by atoms with Crippen molar-refractivity contribution < 1.29 is 19.4 Å². The number of anilines is 1. The number of amides is 1. The monoisotopic (exact) mass is 292 g/mol. The van der Waals surface area contributed by atoms with Crippen LogP contribution in [0.1, 0.15) is 22.8 Å². The number of nitrogens with two attached hydrogens (primary N) is 1. The third kappa shape index (κ3) is 2.85. The van der Waals surface area contributed by atoms with E-state index in [9.17, 15) is 14.7 Å². The van der Waals surface area contributed by atoms with Crippen molar-refractivity contribution in [2.45, 2.75) is 19.9 Å². The van der Waals surface area contributed by atoms with Crippen LogP contribution in [-0.2, 0) is 9.53 Å². The highest BCUT2D eigenvalue weighted by Gasteiger charge is 2.39. The quantitative estimate of drug-likeness (QED) is 0.812. The molecule has 2 atom stereocenters. The van der Waals surface area contributed by atoms with E-state index in [-0.39, 0.29) is 19.1 Å². The van der Waals surface area contributed by atoms with Gasteiger partial charge in [-0.3, -0.25) is 9.59 Å². The lowest BCUT2D eigenvalue weighted by Crippen LogP contribution is -2.46. The number of hydrogen-bond donors (Lipinski definition) is 2. The molecule has 6 heteroatoms. The predicted molar refractivity (Wildman–Crippen MR) is 78.0 cm³/mol. The number of carboxylic acid groups (broad SMARTS) is 1. The number of nitrogens with zero attached hydrogens (tertiary/aromatic N) is 1. The van der Waals surface area contributed by atoms with E-state index in [1.165, 1.54) is 0 Å². The van der Waals surface area contributed by atoms with Gasteiger partial charge in [0.15, 0.2) is 0 Å².